The first-order chi connectivity index (χ1) is 12.9. The molecule has 0 fully saturated rings. The third kappa shape index (κ3) is 4.24. The molecule has 0 atom stereocenters. The molecule has 0 unspecified atom stereocenters. The van der Waals surface area contributed by atoms with Crippen molar-refractivity contribution in [3.63, 3.8) is 0 Å². The smallest absolute Gasteiger partial charge is 0.357 e. The molecule has 0 saturated carbocycles. The molecular formula is C19H16N2O4S2. The van der Waals surface area contributed by atoms with Crippen LogP contribution in [-0.4, -0.2) is 30.7 Å². The second-order valence-electron chi connectivity index (χ2n) is 5.64. The fourth-order valence-electron chi connectivity index (χ4n) is 2.53. The van der Waals surface area contributed by atoms with E-state index >= 15 is 0 Å². The molecule has 0 aliphatic carbocycles. The van der Waals surface area contributed by atoms with E-state index in [2.05, 4.69) is 4.98 Å². The van der Waals surface area contributed by atoms with Crippen molar-refractivity contribution in [2.75, 3.05) is 10.6 Å². The molecule has 1 heterocycles. The highest BCUT2D eigenvalue weighted by molar-refractivity contribution is 7.92. The molecule has 3 aromatic rings. The minimum Gasteiger partial charge on any atom is -0.476 e. The number of carboxylic acid groups (broad SMARTS) is 1. The molecule has 0 amide bonds. The summed E-state index contributed by atoms with van der Waals surface area (Å²) in [4.78, 5) is 15.2. The van der Waals surface area contributed by atoms with E-state index in [0.717, 1.165) is 27.5 Å². The van der Waals surface area contributed by atoms with Gasteiger partial charge >= 0.3 is 5.97 Å². The fraction of sp³-hybridized carbons (Fsp3) is 0.0526. The van der Waals surface area contributed by atoms with Crippen molar-refractivity contribution < 1.29 is 18.3 Å². The average Bonchev–Trinajstić information content (AvgIpc) is 3.10. The maximum absolute atomic E-state index is 12.5. The summed E-state index contributed by atoms with van der Waals surface area (Å²) in [6, 6.07) is 16.5. The first-order valence-electron chi connectivity index (χ1n) is 7.87. The molecule has 27 heavy (non-hydrogen) atoms. The van der Waals surface area contributed by atoms with Crippen molar-refractivity contribution in [1.82, 2.24) is 4.98 Å². The molecule has 8 heteroatoms. The fourth-order valence-corrected chi connectivity index (χ4v) is 4.68. The molecular weight excluding hydrogens is 384 g/mol. The van der Waals surface area contributed by atoms with Gasteiger partial charge in [0.2, 0.25) is 10.0 Å². The second kappa shape index (κ2) is 7.73. The number of sulfonamides is 1. The van der Waals surface area contributed by atoms with Crippen molar-refractivity contribution >= 4 is 50.2 Å². The lowest BCUT2D eigenvalue weighted by Crippen LogP contribution is -2.26. The van der Waals surface area contributed by atoms with Gasteiger partial charge in [0, 0.05) is 0 Å². The number of anilines is 2. The maximum atomic E-state index is 12.5. The monoisotopic (exact) mass is 400 g/mol. The molecule has 0 spiro atoms. The standard InChI is InChI=1S/C19H16N2O4S2/c1-27(24,25)21(18-17(19(22)23)20-13-26-18)16-10-6-5-9-15(16)12-11-14-7-3-2-4-8-14/h2-13H,1H3,(H,22,23)/b12-11+. The number of carbonyl (C=O) groups is 1. The number of nitrogens with zero attached hydrogens (tertiary/aromatic N) is 2. The summed E-state index contributed by atoms with van der Waals surface area (Å²) in [6.07, 6.45) is 4.70. The van der Waals surface area contributed by atoms with Gasteiger partial charge in [-0.15, -0.1) is 11.3 Å². The minimum absolute atomic E-state index is 0.0468. The lowest BCUT2D eigenvalue weighted by Gasteiger charge is -2.22. The van der Waals surface area contributed by atoms with Crippen molar-refractivity contribution in [2.45, 2.75) is 0 Å². The SMILES string of the molecule is CS(=O)(=O)N(c1ccccc1/C=C/c1ccccc1)c1scnc1C(=O)O. The Bertz CT molecular complexity index is 1090. The summed E-state index contributed by atoms with van der Waals surface area (Å²) >= 11 is 0.962. The van der Waals surface area contributed by atoms with Gasteiger partial charge in [-0.1, -0.05) is 60.7 Å². The van der Waals surface area contributed by atoms with Gasteiger partial charge < -0.3 is 5.11 Å². The molecule has 2 aromatic carbocycles. The summed E-state index contributed by atoms with van der Waals surface area (Å²) < 4.78 is 26.1. The van der Waals surface area contributed by atoms with Crippen LogP contribution in [0.25, 0.3) is 12.2 Å². The highest BCUT2D eigenvalue weighted by Crippen LogP contribution is 2.37. The van der Waals surface area contributed by atoms with Crippen LogP contribution in [0.4, 0.5) is 10.7 Å². The van der Waals surface area contributed by atoms with Crippen molar-refractivity contribution in [2.24, 2.45) is 0 Å². The zero-order valence-electron chi connectivity index (χ0n) is 14.3. The van der Waals surface area contributed by atoms with Crippen LogP contribution < -0.4 is 4.31 Å². The number of carboxylic acids is 1. The lowest BCUT2D eigenvalue weighted by atomic mass is 10.1. The van der Waals surface area contributed by atoms with Gasteiger partial charge in [-0.2, -0.15) is 0 Å². The predicted octanol–water partition coefficient (Wildman–Crippen LogP) is 4.11. The van der Waals surface area contributed by atoms with Gasteiger partial charge in [-0.05, 0) is 17.2 Å². The van der Waals surface area contributed by atoms with Crippen LogP contribution >= 0.6 is 11.3 Å². The Morgan fingerprint density at radius 1 is 1.07 bits per heavy atom. The van der Waals surface area contributed by atoms with E-state index in [0.29, 0.717) is 11.3 Å². The number of thiazole rings is 1. The van der Waals surface area contributed by atoms with Crippen LogP contribution in [0, 0.1) is 0 Å². The van der Waals surface area contributed by atoms with Gasteiger partial charge in [-0.25, -0.2) is 22.5 Å². The number of rotatable bonds is 6. The molecule has 0 bridgehead atoms. The molecule has 0 aliphatic heterocycles. The topological polar surface area (TPSA) is 87.6 Å². The van der Waals surface area contributed by atoms with E-state index in [1.54, 1.807) is 30.3 Å². The molecule has 138 valence electrons. The Morgan fingerprint density at radius 3 is 2.41 bits per heavy atom. The van der Waals surface area contributed by atoms with Crippen LogP contribution in [0.15, 0.2) is 60.1 Å². The maximum Gasteiger partial charge on any atom is 0.357 e. The minimum atomic E-state index is -3.80. The lowest BCUT2D eigenvalue weighted by molar-refractivity contribution is 0.0692. The molecule has 3 rings (SSSR count). The molecule has 0 aliphatic rings. The van der Waals surface area contributed by atoms with Crippen molar-refractivity contribution in [3.8, 4) is 0 Å². The quantitative estimate of drug-likeness (QED) is 0.629. The number of benzene rings is 2. The van der Waals surface area contributed by atoms with Crippen LogP contribution in [-0.2, 0) is 10.0 Å². The number of hydrogen-bond acceptors (Lipinski definition) is 5. The number of aromatic nitrogens is 1. The van der Waals surface area contributed by atoms with Crippen molar-refractivity contribution in [1.29, 1.82) is 0 Å². The van der Waals surface area contributed by atoms with Crippen LogP contribution in [0.5, 0.6) is 0 Å². The van der Waals surface area contributed by atoms with Gasteiger partial charge in [0.1, 0.15) is 5.00 Å². The van der Waals surface area contributed by atoms with Gasteiger partial charge in [0.05, 0.1) is 17.5 Å². The summed E-state index contributed by atoms with van der Waals surface area (Å²) in [7, 11) is -3.80. The third-order valence-electron chi connectivity index (χ3n) is 3.68. The normalized spacial score (nSPS) is 11.6. The number of aromatic carboxylic acids is 1. The van der Waals surface area contributed by atoms with E-state index in [4.69, 9.17) is 0 Å². The highest BCUT2D eigenvalue weighted by Gasteiger charge is 2.28. The molecule has 6 nitrogen and oxygen atoms in total. The summed E-state index contributed by atoms with van der Waals surface area (Å²) in [5.41, 5.74) is 2.98. The predicted molar refractivity (Wildman–Crippen MR) is 108 cm³/mol. The third-order valence-corrected chi connectivity index (χ3v) is 5.65. The Labute approximate surface area is 161 Å². The summed E-state index contributed by atoms with van der Waals surface area (Å²) in [5, 5.41) is 9.39. The Balaban J connectivity index is 2.13. The molecule has 0 saturated heterocycles. The number of hydrogen-bond donors (Lipinski definition) is 1. The number of para-hydroxylation sites is 1. The zero-order chi connectivity index (χ0) is 19.4. The highest BCUT2D eigenvalue weighted by atomic mass is 32.2. The second-order valence-corrected chi connectivity index (χ2v) is 8.31. The first kappa shape index (κ1) is 18.8. The van der Waals surface area contributed by atoms with E-state index in [1.807, 2.05) is 36.4 Å². The van der Waals surface area contributed by atoms with Crippen LogP contribution in [0.3, 0.4) is 0 Å². The Kier molecular flexibility index (Phi) is 5.38. The van der Waals surface area contributed by atoms with E-state index in [9.17, 15) is 18.3 Å². The molecule has 1 N–H and O–H groups in total. The molecule has 0 radical (unpaired) electrons. The van der Waals surface area contributed by atoms with Crippen molar-refractivity contribution in [3.05, 3.63) is 76.9 Å². The van der Waals surface area contributed by atoms with E-state index < -0.39 is 16.0 Å². The largest absolute Gasteiger partial charge is 0.476 e. The first-order valence-corrected chi connectivity index (χ1v) is 10.6. The molecule has 1 aromatic heterocycles. The van der Waals surface area contributed by atoms with Crippen LogP contribution in [0.1, 0.15) is 21.6 Å². The zero-order valence-corrected chi connectivity index (χ0v) is 15.9. The summed E-state index contributed by atoms with van der Waals surface area (Å²) in [6.45, 7) is 0. The summed E-state index contributed by atoms with van der Waals surface area (Å²) in [5.74, 6) is -1.28. The van der Waals surface area contributed by atoms with E-state index in [1.165, 1.54) is 5.51 Å². The van der Waals surface area contributed by atoms with Gasteiger partial charge in [-0.3, -0.25) is 0 Å². The van der Waals surface area contributed by atoms with Crippen LogP contribution in [0.2, 0.25) is 0 Å². The van der Waals surface area contributed by atoms with E-state index in [-0.39, 0.29) is 10.7 Å². The average molecular weight is 400 g/mol. The Hall–Kier alpha value is -2.97. The van der Waals surface area contributed by atoms with Gasteiger partial charge in [0.25, 0.3) is 0 Å². The Morgan fingerprint density at radius 2 is 1.74 bits per heavy atom. The van der Waals surface area contributed by atoms with Gasteiger partial charge in [0.15, 0.2) is 5.69 Å².